The number of imidazole rings is 1. The molecule has 2 N–H and O–H groups in total. The summed E-state index contributed by atoms with van der Waals surface area (Å²) in [5.41, 5.74) is 5.56. The van der Waals surface area contributed by atoms with Crippen molar-refractivity contribution in [2.75, 3.05) is 11.4 Å². The fourth-order valence-corrected chi connectivity index (χ4v) is 6.55. The van der Waals surface area contributed by atoms with Gasteiger partial charge in [-0.2, -0.15) is 0 Å². The van der Waals surface area contributed by atoms with Gasteiger partial charge in [-0.05, 0) is 85.3 Å². The molecule has 2 aromatic carbocycles. The van der Waals surface area contributed by atoms with Gasteiger partial charge in [0.2, 0.25) is 5.95 Å². The Morgan fingerprint density at radius 1 is 1.08 bits per heavy atom. The van der Waals surface area contributed by atoms with Crippen LogP contribution in [0.4, 0.5) is 5.95 Å². The van der Waals surface area contributed by atoms with Gasteiger partial charge in [-0.1, -0.05) is 39.0 Å². The van der Waals surface area contributed by atoms with Crippen molar-refractivity contribution in [3.63, 3.8) is 0 Å². The van der Waals surface area contributed by atoms with Crippen LogP contribution in [0.15, 0.2) is 42.5 Å². The Balaban J connectivity index is 1.45. The standard InChI is InChI=1S/C31H40N4O3/c1-31(2,3)22-11-13-23(14-12-22)35(30-33-25-7-5-6-8-27(25)34(30)4)26-16-10-20-19-21(9-15-24(20)26)29(38)32-18-17-28(36)37/h5-9,15,19,22-23,26H,10-14,16-18H2,1-4H3,(H,32,38)(H,36,37). The molecule has 7 heteroatoms. The summed E-state index contributed by atoms with van der Waals surface area (Å²) in [6.07, 6.45) is 6.58. The highest BCUT2D eigenvalue weighted by Crippen LogP contribution is 2.45. The van der Waals surface area contributed by atoms with Gasteiger partial charge in [0.1, 0.15) is 0 Å². The number of nitrogens with one attached hydrogen (secondary N) is 1. The van der Waals surface area contributed by atoms with Crippen LogP contribution in [0.25, 0.3) is 11.0 Å². The van der Waals surface area contributed by atoms with Crippen molar-refractivity contribution in [3.8, 4) is 0 Å². The maximum absolute atomic E-state index is 12.6. The lowest BCUT2D eigenvalue weighted by molar-refractivity contribution is -0.136. The van der Waals surface area contributed by atoms with Crippen molar-refractivity contribution in [1.29, 1.82) is 0 Å². The smallest absolute Gasteiger partial charge is 0.305 e. The molecule has 0 spiro atoms. The number of carboxylic acid groups (broad SMARTS) is 1. The number of fused-ring (bicyclic) bond motifs is 2. The first-order valence-electron chi connectivity index (χ1n) is 14.0. The minimum absolute atomic E-state index is 0.0802. The van der Waals surface area contributed by atoms with E-state index < -0.39 is 5.97 Å². The molecule has 1 aromatic heterocycles. The topological polar surface area (TPSA) is 87.5 Å². The molecular weight excluding hydrogens is 476 g/mol. The van der Waals surface area contributed by atoms with Gasteiger partial charge in [0.05, 0.1) is 23.5 Å². The molecule has 5 rings (SSSR count). The molecule has 2 aliphatic carbocycles. The van der Waals surface area contributed by atoms with Crippen molar-refractivity contribution in [3.05, 3.63) is 59.2 Å². The van der Waals surface area contributed by atoms with Crippen LogP contribution >= 0.6 is 0 Å². The predicted octanol–water partition coefficient (Wildman–Crippen LogP) is 5.88. The Hall–Kier alpha value is -3.35. The number of anilines is 1. The molecule has 0 radical (unpaired) electrons. The normalized spacial score (nSPS) is 21.3. The van der Waals surface area contributed by atoms with Crippen molar-refractivity contribution in [1.82, 2.24) is 14.9 Å². The van der Waals surface area contributed by atoms with Crippen LogP contribution in [0.1, 0.15) is 86.8 Å². The minimum Gasteiger partial charge on any atom is -0.481 e. The number of benzene rings is 2. The zero-order valence-electron chi connectivity index (χ0n) is 23.0. The Morgan fingerprint density at radius 3 is 2.50 bits per heavy atom. The second-order valence-electron chi connectivity index (χ2n) is 12.1. The lowest BCUT2D eigenvalue weighted by Gasteiger charge is -2.44. The number of rotatable bonds is 7. The summed E-state index contributed by atoms with van der Waals surface area (Å²) in [6.45, 7) is 7.23. The van der Waals surface area contributed by atoms with Crippen LogP contribution < -0.4 is 10.2 Å². The number of hydrogen-bond acceptors (Lipinski definition) is 4. The number of carbonyl (C=O) groups is 2. The molecule has 1 fully saturated rings. The quantitative estimate of drug-likeness (QED) is 0.410. The molecule has 0 saturated heterocycles. The Kier molecular flexibility index (Phi) is 7.21. The summed E-state index contributed by atoms with van der Waals surface area (Å²) < 4.78 is 2.24. The SMILES string of the molecule is Cn1c(N(C2CCC(C(C)(C)C)CC2)C2CCc3cc(C(=O)NCCC(=O)O)ccc32)nc2ccccc21. The van der Waals surface area contributed by atoms with Crippen LogP contribution in [0.3, 0.4) is 0 Å². The average Bonchev–Trinajstić information content (AvgIpc) is 3.45. The molecule has 38 heavy (non-hydrogen) atoms. The maximum Gasteiger partial charge on any atom is 0.305 e. The van der Waals surface area contributed by atoms with Crippen LogP contribution in [-0.4, -0.2) is 39.1 Å². The van der Waals surface area contributed by atoms with Crippen molar-refractivity contribution >= 4 is 28.9 Å². The number of para-hydroxylation sites is 2. The van der Waals surface area contributed by atoms with Crippen molar-refractivity contribution < 1.29 is 14.7 Å². The van der Waals surface area contributed by atoms with E-state index in [1.54, 1.807) is 0 Å². The van der Waals surface area contributed by atoms with E-state index in [2.05, 4.69) is 66.9 Å². The highest BCUT2D eigenvalue weighted by Gasteiger charge is 2.39. The highest BCUT2D eigenvalue weighted by molar-refractivity contribution is 5.94. The first kappa shape index (κ1) is 26.3. The van der Waals surface area contributed by atoms with Gasteiger partial charge < -0.3 is 19.9 Å². The summed E-state index contributed by atoms with van der Waals surface area (Å²) in [7, 11) is 2.12. The van der Waals surface area contributed by atoms with Gasteiger partial charge in [-0.15, -0.1) is 0 Å². The number of aliphatic carboxylic acids is 1. The first-order chi connectivity index (χ1) is 18.1. The molecule has 1 saturated carbocycles. The Labute approximate surface area is 225 Å². The van der Waals surface area contributed by atoms with E-state index in [4.69, 9.17) is 10.1 Å². The molecule has 1 heterocycles. The fraction of sp³-hybridized carbons (Fsp3) is 0.516. The van der Waals surface area contributed by atoms with Crippen molar-refractivity contribution in [2.45, 2.75) is 77.8 Å². The lowest BCUT2D eigenvalue weighted by atomic mass is 9.71. The van der Waals surface area contributed by atoms with E-state index in [1.807, 2.05) is 18.2 Å². The average molecular weight is 517 g/mol. The molecule has 1 unspecified atom stereocenters. The molecule has 0 bridgehead atoms. The zero-order chi connectivity index (χ0) is 27.0. The first-order valence-corrected chi connectivity index (χ1v) is 14.0. The molecule has 3 aromatic rings. The maximum atomic E-state index is 12.6. The third-order valence-corrected chi connectivity index (χ3v) is 8.72. The monoisotopic (exact) mass is 516 g/mol. The summed E-state index contributed by atoms with van der Waals surface area (Å²) in [5, 5.41) is 11.6. The molecule has 202 valence electrons. The van der Waals surface area contributed by atoms with E-state index in [0.717, 1.165) is 48.6 Å². The summed E-state index contributed by atoms with van der Waals surface area (Å²) in [4.78, 5) is 31.2. The number of hydrogen-bond donors (Lipinski definition) is 2. The number of aryl methyl sites for hydroxylation is 2. The van der Waals surface area contributed by atoms with Gasteiger partial charge >= 0.3 is 5.97 Å². The summed E-state index contributed by atoms with van der Waals surface area (Å²) in [5.74, 6) is 0.628. The molecule has 7 nitrogen and oxygen atoms in total. The van der Waals surface area contributed by atoms with Crippen molar-refractivity contribution in [2.24, 2.45) is 18.4 Å². The van der Waals surface area contributed by atoms with E-state index in [0.29, 0.717) is 17.0 Å². The number of aromatic nitrogens is 2. The largest absolute Gasteiger partial charge is 0.481 e. The number of carbonyl (C=O) groups excluding carboxylic acids is 1. The summed E-state index contributed by atoms with van der Waals surface area (Å²) >= 11 is 0. The van der Waals surface area contributed by atoms with Gasteiger partial charge in [0.25, 0.3) is 5.91 Å². The van der Waals surface area contributed by atoms with Gasteiger partial charge in [-0.25, -0.2) is 4.98 Å². The molecule has 0 aliphatic heterocycles. The number of nitrogens with zero attached hydrogens (tertiary/aromatic N) is 3. The van der Waals surface area contributed by atoms with Gasteiger partial charge in [0.15, 0.2) is 0 Å². The fourth-order valence-electron chi connectivity index (χ4n) is 6.55. The molecule has 2 aliphatic rings. The van der Waals surface area contributed by atoms with Gasteiger partial charge in [0, 0.05) is 25.2 Å². The van der Waals surface area contributed by atoms with Crippen LogP contribution in [0.2, 0.25) is 0 Å². The Morgan fingerprint density at radius 2 is 1.82 bits per heavy atom. The molecule has 1 amide bonds. The number of amides is 1. The number of carboxylic acids is 1. The lowest BCUT2D eigenvalue weighted by Crippen LogP contribution is -2.43. The molecular formula is C31H40N4O3. The van der Waals surface area contributed by atoms with E-state index in [9.17, 15) is 9.59 Å². The van der Waals surface area contributed by atoms with Crippen LogP contribution in [-0.2, 0) is 18.3 Å². The Bertz CT molecular complexity index is 1330. The third kappa shape index (κ3) is 5.16. The van der Waals surface area contributed by atoms with E-state index in [1.165, 1.54) is 24.0 Å². The van der Waals surface area contributed by atoms with Gasteiger partial charge in [-0.3, -0.25) is 9.59 Å². The predicted molar refractivity (Wildman–Crippen MR) is 150 cm³/mol. The third-order valence-electron chi connectivity index (χ3n) is 8.72. The second kappa shape index (κ2) is 10.4. The summed E-state index contributed by atoms with van der Waals surface area (Å²) in [6, 6.07) is 15.0. The highest BCUT2D eigenvalue weighted by atomic mass is 16.4. The van der Waals surface area contributed by atoms with Crippen LogP contribution in [0.5, 0.6) is 0 Å². The van der Waals surface area contributed by atoms with E-state index in [-0.39, 0.29) is 24.9 Å². The second-order valence-corrected chi connectivity index (χ2v) is 12.1. The minimum atomic E-state index is -0.916. The van der Waals surface area contributed by atoms with E-state index >= 15 is 0 Å². The zero-order valence-corrected chi connectivity index (χ0v) is 23.0. The van der Waals surface area contributed by atoms with Crippen LogP contribution in [0, 0.1) is 11.3 Å². The molecule has 1 atom stereocenters.